The Balaban J connectivity index is 1.30. The molecular weight excluding hydrogens is 767 g/mol. The van der Waals surface area contributed by atoms with Crippen LogP contribution in [-0.4, -0.2) is 115 Å². The minimum atomic E-state index is -1.50. The van der Waals surface area contributed by atoms with Gasteiger partial charge in [0.25, 0.3) is 17.7 Å². The summed E-state index contributed by atoms with van der Waals surface area (Å²) in [7, 11) is 1.63. The number of carbonyl (C=O) groups excluding carboxylic acids is 5. The third kappa shape index (κ3) is 7.74. The van der Waals surface area contributed by atoms with Crippen LogP contribution in [0.15, 0.2) is 77.2 Å². The molecule has 5 amide bonds. The molecule has 3 atom stereocenters. The van der Waals surface area contributed by atoms with E-state index in [1.165, 1.54) is 47.6 Å². The maximum atomic E-state index is 14.3. The molecular formula is C35H35N11O8S2. The fourth-order valence-electron chi connectivity index (χ4n) is 6.11. The lowest BCUT2D eigenvalue weighted by Gasteiger charge is -2.52. The number of amides is 5. The van der Waals surface area contributed by atoms with Crippen molar-refractivity contribution in [3.63, 3.8) is 0 Å². The van der Waals surface area contributed by atoms with Gasteiger partial charge in [0, 0.05) is 43.7 Å². The van der Waals surface area contributed by atoms with Crippen LogP contribution in [0.25, 0.3) is 11.4 Å². The highest BCUT2D eigenvalue weighted by Crippen LogP contribution is 2.44. The van der Waals surface area contributed by atoms with Gasteiger partial charge in [0.05, 0.1) is 5.69 Å². The van der Waals surface area contributed by atoms with Crippen LogP contribution < -0.4 is 16.4 Å². The molecule has 2 aliphatic rings. The van der Waals surface area contributed by atoms with Gasteiger partial charge in [-0.05, 0) is 58.8 Å². The van der Waals surface area contributed by atoms with Gasteiger partial charge >= 0.3 is 5.97 Å². The number of hydrogen-bond acceptors (Lipinski definition) is 16. The third-order valence-corrected chi connectivity index (χ3v) is 11.3. The molecule has 0 saturated carbocycles. The number of hydrogen-bond donors (Lipinski definition) is 4. The molecule has 0 aliphatic carbocycles. The summed E-state index contributed by atoms with van der Waals surface area (Å²) in [5.41, 5.74) is 12.5. The number of nitrogens with two attached hydrogens (primary N) is 2. The number of β-lactam (4-membered cyclic amide) rings is 1. The molecule has 2 aliphatic heterocycles. The number of aromatic hydroxyl groups is 1. The predicted molar refractivity (Wildman–Crippen MR) is 201 cm³/mol. The van der Waals surface area contributed by atoms with E-state index in [4.69, 9.17) is 11.5 Å². The van der Waals surface area contributed by atoms with Gasteiger partial charge in [0.1, 0.15) is 28.7 Å². The topological polar surface area (TPSA) is 274 Å². The summed E-state index contributed by atoms with van der Waals surface area (Å²) in [6.45, 7) is 1.54. The van der Waals surface area contributed by atoms with E-state index in [9.17, 15) is 39.0 Å². The maximum Gasteiger partial charge on any atom is 0.352 e. The minimum Gasteiger partial charge on any atom is -0.493 e. The van der Waals surface area contributed by atoms with Crippen molar-refractivity contribution < 1.29 is 39.0 Å². The molecule has 6 rings (SSSR count). The number of carboxylic acid groups (broad SMARTS) is 1. The van der Waals surface area contributed by atoms with E-state index in [-0.39, 0.29) is 41.7 Å². The zero-order chi connectivity index (χ0) is 40.3. The number of benzene rings is 2. The summed E-state index contributed by atoms with van der Waals surface area (Å²) in [5, 5.41) is 32.0. The van der Waals surface area contributed by atoms with Crippen molar-refractivity contribution in [1.29, 1.82) is 0 Å². The largest absolute Gasteiger partial charge is 0.493 e. The summed E-state index contributed by atoms with van der Waals surface area (Å²) >= 11 is 2.33. The molecule has 1 saturated heterocycles. The van der Waals surface area contributed by atoms with Gasteiger partial charge in [-0.25, -0.2) is 14.5 Å². The molecule has 2 unspecified atom stereocenters. The Labute approximate surface area is 327 Å². The molecule has 0 spiro atoms. The Morgan fingerprint density at radius 3 is 2.41 bits per heavy atom. The van der Waals surface area contributed by atoms with Crippen molar-refractivity contribution >= 4 is 64.7 Å². The first-order valence-electron chi connectivity index (χ1n) is 17.0. The number of thioether (sulfide) groups is 2. The summed E-state index contributed by atoms with van der Waals surface area (Å²) in [6.07, 6.45) is 1.47. The lowest BCUT2D eigenvalue weighted by Crippen LogP contribution is -2.72. The molecule has 4 aromatic rings. The molecule has 19 nitrogen and oxygen atoms in total. The lowest BCUT2D eigenvalue weighted by molar-refractivity contribution is -0.157. The second-order valence-corrected chi connectivity index (χ2v) is 14.6. The highest BCUT2D eigenvalue weighted by Gasteiger charge is 2.59. The quantitative estimate of drug-likeness (QED) is 0.109. The zero-order valence-electron chi connectivity index (χ0n) is 29.9. The van der Waals surface area contributed by atoms with E-state index in [0.717, 1.165) is 27.8 Å². The zero-order valence-corrected chi connectivity index (χ0v) is 31.5. The molecule has 0 radical (unpaired) electrons. The van der Waals surface area contributed by atoms with Gasteiger partial charge in [0.15, 0.2) is 5.82 Å². The molecule has 0 bridgehead atoms. The second-order valence-electron chi connectivity index (χ2n) is 12.5. The van der Waals surface area contributed by atoms with Crippen LogP contribution >= 0.6 is 23.5 Å². The van der Waals surface area contributed by atoms with Crippen molar-refractivity contribution in [2.24, 2.45) is 18.5 Å². The lowest BCUT2D eigenvalue weighted by atomic mass is 9.98. The Kier molecular flexibility index (Phi) is 11.9. The molecule has 2 aromatic carbocycles. The number of carboxylic acids is 1. The molecule has 21 heteroatoms. The molecule has 56 heavy (non-hydrogen) atoms. The van der Waals surface area contributed by atoms with Gasteiger partial charge in [0.2, 0.25) is 22.9 Å². The Morgan fingerprint density at radius 2 is 1.80 bits per heavy atom. The summed E-state index contributed by atoms with van der Waals surface area (Å²) in [4.78, 5) is 90.9. The SMILES string of the molecule is CC(=O)N(C(=O)CCCN)c1ccc(-c2ncc(C(=O)N(C(=O)C(N)c3ccccc3)C3C(=O)N4C(C(=O)O)=C(CSc5nnnn5C)CS[C@@H]34)c(O)n2)cc1. The van der Waals surface area contributed by atoms with Crippen LogP contribution in [0.2, 0.25) is 0 Å². The van der Waals surface area contributed by atoms with Crippen LogP contribution in [-0.2, 0) is 31.0 Å². The normalized spacial score (nSPS) is 16.8. The first-order chi connectivity index (χ1) is 26.8. The van der Waals surface area contributed by atoms with Gasteiger partial charge in [-0.3, -0.25) is 38.7 Å². The number of anilines is 1. The number of aromatic nitrogens is 6. The number of nitrogens with zero attached hydrogens (tertiary/aromatic N) is 9. The smallest absolute Gasteiger partial charge is 0.352 e. The third-order valence-electron chi connectivity index (χ3n) is 8.88. The van der Waals surface area contributed by atoms with Crippen molar-refractivity contribution in [2.75, 3.05) is 23.0 Å². The summed E-state index contributed by atoms with van der Waals surface area (Å²) in [5.74, 6) is -5.83. The van der Waals surface area contributed by atoms with E-state index >= 15 is 0 Å². The average Bonchev–Trinajstić information content (AvgIpc) is 3.61. The van der Waals surface area contributed by atoms with Crippen molar-refractivity contribution in [3.8, 4) is 17.3 Å². The number of tetrazole rings is 1. The van der Waals surface area contributed by atoms with Crippen LogP contribution in [0, 0.1) is 0 Å². The number of aryl methyl sites for hydroxylation is 1. The Hall–Kier alpha value is -6.03. The van der Waals surface area contributed by atoms with Crippen LogP contribution in [0.4, 0.5) is 5.69 Å². The van der Waals surface area contributed by atoms with Crippen molar-refractivity contribution in [2.45, 2.75) is 42.4 Å². The van der Waals surface area contributed by atoms with Crippen LogP contribution in [0.3, 0.4) is 0 Å². The minimum absolute atomic E-state index is 0.0410. The maximum absolute atomic E-state index is 14.3. The highest BCUT2D eigenvalue weighted by atomic mass is 32.2. The standard InChI is InChI=1S/C35H35N11O8S2/c1-18(47)44(24(48)9-6-14-36)22-12-10-20(11-13-22)28-38-15-23(29(49)39-28)30(50)45(31(51)25(37)19-7-4-3-5-8-19)27-32(52)46-26(34(53)54)21(16-55-33(27)46)17-56-35-40-41-42-43(35)2/h3-5,7-8,10-13,15,25,27,33H,6,9,14,16-17,36-37H2,1-2H3,(H,53,54)(H,38,39,49)/t25?,27?,33-/m0/s1. The predicted octanol–water partition coefficient (Wildman–Crippen LogP) is 1.07. The average molecular weight is 802 g/mol. The highest BCUT2D eigenvalue weighted by molar-refractivity contribution is 8.01. The number of fused-ring (bicyclic) bond motifs is 1. The number of aliphatic carboxylic acids is 1. The molecule has 4 heterocycles. The van der Waals surface area contributed by atoms with Gasteiger partial charge < -0.3 is 21.7 Å². The number of rotatable bonds is 13. The van der Waals surface area contributed by atoms with E-state index < -0.39 is 64.4 Å². The number of imide groups is 2. The van der Waals surface area contributed by atoms with Crippen LogP contribution in [0.5, 0.6) is 5.88 Å². The van der Waals surface area contributed by atoms with E-state index in [1.807, 2.05) is 0 Å². The van der Waals surface area contributed by atoms with Gasteiger partial charge in [-0.15, -0.1) is 16.9 Å². The van der Waals surface area contributed by atoms with Gasteiger partial charge in [-0.1, -0.05) is 42.1 Å². The Bertz CT molecular complexity index is 2240. The fraction of sp³-hybridized carbons (Fsp3) is 0.286. The first kappa shape index (κ1) is 39.7. The van der Waals surface area contributed by atoms with E-state index in [2.05, 4.69) is 25.5 Å². The van der Waals surface area contributed by atoms with E-state index in [0.29, 0.717) is 33.2 Å². The van der Waals surface area contributed by atoms with E-state index in [1.54, 1.807) is 37.4 Å². The van der Waals surface area contributed by atoms with Crippen LogP contribution in [0.1, 0.15) is 41.7 Å². The molecule has 2 aromatic heterocycles. The fourth-order valence-corrected chi connectivity index (χ4v) is 8.49. The second kappa shape index (κ2) is 16.8. The summed E-state index contributed by atoms with van der Waals surface area (Å²) < 4.78 is 1.42. The first-order valence-corrected chi connectivity index (χ1v) is 19.0. The molecule has 290 valence electrons. The monoisotopic (exact) mass is 801 g/mol. The van der Waals surface area contributed by atoms with Crippen molar-refractivity contribution in [3.05, 3.63) is 83.2 Å². The number of carbonyl (C=O) groups is 6. The Morgan fingerprint density at radius 1 is 1.09 bits per heavy atom. The summed E-state index contributed by atoms with van der Waals surface area (Å²) in [6, 6.07) is 11.2. The van der Waals surface area contributed by atoms with Crippen molar-refractivity contribution in [1.82, 2.24) is 40.0 Å². The molecule has 6 N–H and O–H groups in total. The van der Waals surface area contributed by atoms with Gasteiger partial charge in [-0.2, -0.15) is 4.98 Å². The molecule has 1 fully saturated rings.